The second kappa shape index (κ2) is 5.11. The highest BCUT2D eigenvalue weighted by molar-refractivity contribution is 7.99. The maximum absolute atomic E-state index is 6.05. The molecule has 0 aliphatic carbocycles. The van der Waals surface area contributed by atoms with Crippen molar-refractivity contribution in [2.45, 2.75) is 23.4 Å². The topological polar surface area (TPSA) is 67.8 Å². The van der Waals surface area contributed by atoms with E-state index in [-0.39, 0.29) is 11.3 Å². The average Bonchev–Trinajstić information content (AvgIpc) is 3.04. The van der Waals surface area contributed by atoms with E-state index in [0.29, 0.717) is 0 Å². The first-order valence-corrected chi connectivity index (χ1v) is 7.02. The van der Waals surface area contributed by atoms with E-state index in [1.54, 1.807) is 18.0 Å². The molecule has 2 atom stereocenters. The van der Waals surface area contributed by atoms with E-state index in [0.717, 1.165) is 22.0 Å². The van der Waals surface area contributed by atoms with Gasteiger partial charge in [-0.05, 0) is 31.2 Å². The van der Waals surface area contributed by atoms with Crippen molar-refractivity contribution in [3.8, 4) is 0 Å². The number of thioether (sulfide) groups is 1. The van der Waals surface area contributed by atoms with Crippen LogP contribution in [-0.2, 0) is 0 Å². The van der Waals surface area contributed by atoms with Crippen LogP contribution in [0.25, 0.3) is 11.0 Å². The molecule has 3 rings (SSSR count). The van der Waals surface area contributed by atoms with Gasteiger partial charge in [0, 0.05) is 6.04 Å². The molecule has 0 aliphatic rings. The van der Waals surface area contributed by atoms with Gasteiger partial charge in [0.05, 0.1) is 22.5 Å². The number of para-hydroxylation sites is 2. The van der Waals surface area contributed by atoms with Gasteiger partial charge in [0.1, 0.15) is 5.76 Å². The van der Waals surface area contributed by atoms with Crippen LogP contribution in [0.15, 0.2) is 52.2 Å². The summed E-state index contributed by atoms with van der Waals surface area (Å²) in [4.78, 5) is 7.85. The normalized spacial score (nSPS) is 14.6. The third-order valence-electron chi connectivity index (χ3n) is 2.91. The van der Waals surface area contributed by atoms with Crippen molar-refractivity contribution in [1.82, 2.24) is 9.97 Å². The molecule has 0 saturated carbocycles. The highest BCUT2D eigenvalue weighted by atomic mass is 32.2. The molecule has 5 heteroatoms. The van der Waals surface area contributed by atoms with Gasteiger partial charge < -0.3 is 15.1 Å². The van der Waals surface area contributed by atoms with Crippen LogP contribution in [0, 0.1) is 0 Å². The molecule has 0 amide bonds. The molecule has 0 spiro atoms. The minimum atomic E-state index is -0.0237. The van der Waals surface area contributed by atoms with Gasteiger partial charge in [-0.15, -0.1) is 0 Å². The Hall–Kier alpha value is -1.72. The number of nitrogens with zero attached hydrogens (tertiary/aromatic N) is 1. The second-order valence-electron chi connectivity index (χ2n) is 4.47. The number of imidazole rings is 1. The van der Waals surface area contributed by atoms with Crippen LogP contribution in [-0.4, -0.2) is 16.0 Å². The van der Waals surface area contributed by atoms with E-state index in [4.69, 9.17) is 10.2 Å². The second-order valence-corrected chi connectivity index (χ2v) is 5.60. The summed E-state index contributed by atoms with van der Waals surface area (Å²) in [6, 6.07) is 11.8. The van der Waals surface area contributed by atoms with Gasteiger partial charge in [0.2, 0.25) is 0 Å². The zero-order valence-electron chi connectivity index (χ0n) is 10.5. The number of benzene rings is 1. The fourth-order valence-corrected chi connectivity index (χ4v) is 3.01. The summed E-state index contributed by atoms with van der Waals surface area (Å²) >= 11 is 1.59. The highest BCUT2D eigenvalue weighted by Gasteiger charge is 2.22. The van der Waals surface area contributed by atoms with Crippen LogP contribution in [0.3, 0.4) is 0 Å². The summed E-state index contributed by atoms with van der Waals surface area (Å²) in [7, 11) is 0. The van der Waals surface area contributed by atoms with E-state index in [9.17, 15) is 0 Å². The van der Waals surface area contributed by atoms with Crippen molar-refractivity contribution in [2.75, 3.05) is 0 Å². The predicted molar refractivity (Wildman–Crippen MR) is 77.0 cm³/mol. The van der Waals surface area contributed by atoms with E-state index in [1.807, 2.05) is 43.3 Å². The summed E-state index contributed by atoms with van der Waals surface area (Å²) in [5.41, 5.74) is 8.05. The highest BCUT2D eigenvalue weighted by Crippen LogP contribution is 2.36. The van der Waals surface area contributed by atoms with E-state index in [1.165, 1.54) is 0 Å². The van der Waals surface area contributed by atoms with Crippen LogP contribution in [0.4, 0.5) is 0 Å². The molecule has 2 aromatic heterocycles. The van der Waals surface area contributed by atoms with Crippen molar-refractivity contribution in [2.24, 2.45) is 5.73 Å². The Morgan fingerprint density at radius 3 is 2.79 bits per heavy atom. The summed E-state index contributed by atoms with van der Waals surface area (Å²) < 4.78 is 5.46. The summed E-state index contributed by atoms with van der Waals surface area (Å²) in [5, 5.41) is 0.912. The average molecular weight is 273 g/mol. The number of aromatic nitrogens is 2. The van der Waals surface area contributed by atoms with Crippen molar-refractivity contribution >= 4 is 22.8 Å². The number of hydrogen-bond acceptors (Lipinski definition) is 4. The predicted octanol–water partition coefficient (Wildman–Crippen LogP) is 3.34. The van der Waals surface area contributed by atoms with Crippen LogP contribution >= 0.6 is 11.8 Å². The molecule has 0 fully saturated rings. The Balaban J connectivity index is 1.89. The maximum Gasteiger partial charge on any atom is 0.167 e. The lowest BCUT2D eigenvalue weighted by molar-refractivity contribution is 0.486. The zero-order chi connectivity index (χ0) is 13.2. The smallest absolute Gasteiger partial charge is 0.167 e. The minimum absolute atomic E-state index is 0.0237. The van der Waals surface area contributed by atoms with Gasteiger partial charge >= 0.3 is 0 Å². The number of furan rings is 1. The molecular weight excluding hydrogens is 258 g/mol. The third kappa shape index (κ3) is 2.52. The first-order chi connectivity index (χ1) is 9.24. The van der Waals surface area contributed by atoms with Crippen LogP contribution < -0.4 is 5.73 Å². The van der Waals surface area contributed by atoms with Crippen LogP contribution in [0.1, 0.15) is 17.9 Å². The zero-order valence-corrected chi connectivity index (χ0v) is 11.4. The molecule has 0 saturated heterocycles. The first-order valence-electron chi connectivity index (χ1n) is 6.14. The Kier molecular flexibility index (Phi) is 3.31. The lowest BCUT2D eigenvalue weighted by Gasteiger charge is -2.16. The summed E-state index contributed by atoms with van der Waals surface area (Å²) in [5.74, 6) is 0.875. The quantitative estimate of drug-likeness (QED) is 0.715. The molecule has 1 aromatic carbocycles. The molecule has 2 unspecified atom stereocenters. The molecule has 4 nitrogen and oxygen atoms in total. The maximum atomic E-state index is 6.05. The standard InChI is InChI=1S/C14H15N3OS/c1-9(15)13(12-7-4-8-18-12)19-14-16-10-5-2-3-6-11(10)17-14/h2-9,13H,15H2,1H3,(H,16,17). The molecule has 0 radical (unpaired) electrons. The Morgan fingerprint density at radius 2 is 2.11 bits per heavy atom. The molecular formula is C14H15N3OS. The van der Waals surface area contributed by atoms with Crippen molar-refractivity contribution in [3.63, 3.8) is 0 Å². The fourth-order valence-electron chi connectivity index (χ4n) is 1.98. The van der Waals surface area contributed by atoms with Crippen LogP contribution in [0.2, 0.25) is 0 Å². The van der Waals surface area contributed by atoms with Crippen molar-refractivity contribution in [1.29, 1.82) is 0 Å². The molecule has 98 valence electrons. The molecule has 2 heterocycles. The molecule has 0 bridgehead atoms. The van der Waals surface area contributed by atoms with Gasteiger partial charge in [-0.2, -0.15) is 0 Å². The third-order valence-corrected chi connectivity index (χ3v) is 4.24. The number of aromatic amines is 1. The fraction of sp³-hybridized carbons (Fsp3) is 0.214. The number of rotatable bonds is 4. The number of fused-ring (bicyclic) bond motifs is 1. The van der Waals surface area contributed by atoms with Gasteiger partial charge in [-0.25, -0.2) is 4.98 Å². The van der Waals surface area contributed by atoms with Crippen molar-refractivity contribution in [3.05, 3.63) is 48.4 Å². The number of nitrogens with one attached hydrogen (secondary N) is 1. The minimum Gasteiger partial charge on any atom is -0.468 e. The van der Waals surface area contributed by atoms with E-state index < -0.39 is 0 Å². The number of hydrogen-bond donors (Lipinski definition) is 2. The Labute approximate surface area is 115 Å². The van der Waals surface area contributed by atoms with Crippen molar-refractivity contribution < 1.29 is 4.42 Å². The number of H-pyrrole nitrogens is 1. The monoisotopic (exact) mass is 273 g/mol. The van der Waals surface area contributed by atoms with Crippen LogP contribution in [0.5, 0.6) is 0 Å². The Bertz CT molecular complexity index is 627. The molecule has 3 N–H and O–H groups in total. The van der Waals surface area contributed by atoms with Gasteiger partial charge in [-0.3, -0.25) is 0 Å². The van der Waals surface area contributed by atoms with Gasteiger partial charge in [-0.1, -0.05) is 23.9 Å². The van der Waals surface area contributed by atoms with E-state index >= 15 is 0 Å². The van der Waals surface area contributed by atoms with Gasteiger partial charge in [0.15, 0.2) is 5.16 Å². The lowest BCUT2D eigenvalue weighted by atomic mass is 10.2. The van der Waals surface area contributed by atoms with E-state index in [2.05, 4.69) is 9.97 Å². The largest absolute Gasteiger partial charge is 0.468 e. The SMILES string of the molecule is CC(N)C(Sc1nc2ccccc2[nH]1)c1ccco1. The van der Waals surface area contributed by atoms with Gasteiger partial charge in [0.25, 0.3) is 0 Å². The summed E-state index contributed by atoms with van der Waals surface area (Å²) in [6.45, 7) is 1.98. The Morgan fingerprint density at radius 1 is 1.26 bits per heavy atom. The first kappa shape index (κ1) is 12.3. The molecule has 3 aromatic rings. The lowest BCUT2D eigenvalue weighted by Crippen LogP contribution is -2.22. The summed E-state index contributed by atoms with van der Waals surface area (Å²) in [6.07, 6.45) is 1.67. The molecule has 0 aliphatic heterocycles. The number of nitrogens with two attached hydrogens (primary N) is 1. The molecule has 19 heavy (non-hydrogen) atoms.